The number of halogens is 1. The predicted octanol–water partition coefficient (Wildman–Crippen LogP) is 4.15. The maximum absolute atomic E-state index is 12.6. The van der Waals surface area contributed by atoms with Crippen LogP contribution in [0.2, 0.25) is 5.02 Å². The van der Waals surface area contributed by atoms with Gasteiger partial charge >= 0.3 is 0 Å². The molecule has 1 amide bonds. The lowest BCUT2D eigenvalue weighted by Crippen LogP contribution is -2.36. The van der Waals surface area contributed by atoms with E-state index in [2.05, 4.69) is 10.2 Å². The van der Waals surface area contributed by atoms with Crippen LogP contribution in [0.15, 0.2) is 67.0 Å². The standard InChI is InChI=1S/C22H22ClN3O2/c23-18-5-8-21(26-11-13-28-14-12-26)20(16-18)24-22(27)15-17-3-6-19(7-4-17)25-9-1-2-10-25/h1-10,16H,11-15H2,(H,24,27). The van der Waals surface area contributed by atoms with Gasteiger partial charge in [0, 0.05) is 36.2 Å². The number of hydrogen-bond acceptors (Lipinski definition) is 3. The van der Waals surface area contributed by atoms with Crippen LogP contribution in [-0.2, 0) is 16.0 Å². The highest BCUT2D eigenvalue weighted by Gasteiger charge is 2.16. The van der Waals surface area contributed by atoms with E-state index in [1.807, 2.05) is 65.5 Å². The first-order valence-electron chi connectivity index (χ1n) is 9.33. The van der Waals surface area contributed by atoms with E-state index in [9.17, 15) is 4.79 Å². The largest absolute Gasteiger partial charge is 0.378 e. The predicted molar refractivity (Wildman–Crippen MR) is 113 cm³/mol. The Morgan fingerprint density at radius 3 is 2.46 bits per heavy atom. The fraction of sp³-hybridized carbons (Fsp3) is 0.227. The Balaban J connectivity index is 1.45. The lowest BCUT2D eigenvalue weighted by Gasteiger charge is -2.30. The van der Waals surface area contributed by atoms with Crippen LogP contribution in [0.4, 0.5) is 11.4 Å². The van der Waals surface area contributed by atoms with E-state index >= 15 is 0 Å². The molecule has 1 saturated heterocycles. The number of nitrogens with one attached hydrogen (secondary N) is 1. The minimum Gasteiger partial charge on any atom is -0.378 e. The Kier molecular flexibility index (Phi) is 5.65. The number of hydrogen-bond donors (Lipinski definition) is 1. The third-order valence-corrected chi connectivity index (χ3v) is 5.02. The summed E-state index contributed by atoms with van der Waals surface area (Å²) in [6, 6.07) is 17.6. The first-order valence-corrected chi connectivity index (χ1v) is 9.71. The topological polar surface area (TPSA) is 46.5 Å². The molecule has 1 N–H and O–H groups in total. The minimum absolute atomic E-state index is 0.0644. The summed E-state index contributed by atoms with van der Waals surface area (Å²) in [5, 5.41) is 3.63. The van der Waals surface area contributed by atoms with Gasteiger partial charge in [0.05, 0.1) is 31.0 Å². The molecule has 1 aliphatic rings. The third-order valence-electron chi connectivity index (χ3n) is 4.79. The SMILES string of the molecule is O=C(Cc1ccc(-n2cccc2)cc1)Nc1cc(Cl)ccc1N1CCOCC1. The second-order valence-corrected chi connectivity index (χ2v) is 7.18. The molecule has 144 valence electrons. The average molecular weight is 396 g/mol. The highest BCUT2D eigenvalue weighted by molar-refractivity contribution is 6.31. The van der Waals surface area contributed by atoms with E-state index in [1.165, 1.54) is 0 Å². The highest BCUT2D eigenvalue weighted by atomic mass is 35.5. The van der Waals surface area contributed by atoms with Crippen molar-refractivity contribution in [3.05, 3.63) is 77.6 Å². The van der Waals surface area contributed by atoms with Crippen LogP contribution in [0.25, 0.3) is 5.69 Å². The van der Waals surface area contributed by atoms with Gasteiger partial charge in [-0.1, -0.05) is 23.7 Å². The Morgan fingerprint density at radius 2 is 1.75 bits per heavy atom. The minimum atomic E-state index is -0.0644. The molecule has 1 aliphatic heterocycles. The monoisotopic (exact) mass is 395 g/mol. The van der Waals surface area contributed by atoms with Gasteiger partial charge in [-0.25, -0.2) is 0 Å². The summed E-state index contributed by atoms with van der Waals surface area (Å²) in [5.41, 5.74) is 3.74. The Hall–Kier alpha value is -2.76. The zero-order valence-corrected chi connectivity index (χ0v) is 16.2. The average Bonchev–Trinajstić information content (AvgIpc) is 3.24. The quantitative estimate of drug-likeness (QED) is 0.706. The van der Waals surface area contributed by atoms with Crippen LogP contribution in [0.5, 0.6) is 0 Å². The molecule has 3 aromatic rings. The van der Waals surface area contributed by atoms with Crippen molar-refractivity contribution in [2.45, 2.75) is 6.42 Å². The number of benzene rings is 2. The van der Waals surface area contributed by atoms with Gasteiger partial charge in [-0.15, -0.1) is 0 Å². The number of anilines is 2. The number of rotatable bonds is 5. The summed E-state index contributed by atoms with van der Waals surface area (Å²) in [4.78, 5) is 14.8. The van der Waals surface area contributed by atoms with Crippen molar-refractivity contribution < 1.29 is 9.53 Å². The summed E-state index contributed by atoms with van der Waals surface area (Å²) < 4.78 is 7.46. The summed E-state index contributed by atoms with van der Waals surface area (Å²) in [6.45, 7) is 2.96. The van der Waals surface area contributed by atoms with Crippen molar-refractivity contribution in [3.8, 4) is 5.69 Å². The fourth-order valence-corrected chi connectivity index (χ4v) is 3.53. The lowest BCUT2D eigenvalue weighted by atomic mass is 10.1. The van der Waals surface area contributed by atoms with Gasteiger partial charge in [0.25, 0.3) is 0 Å². The number of carbonyl (C=O) groups is 1. The Labute approximate surface area is 169 Å². The van der Waals surface area contributed by atoms with E-state index in [4.69, 9.17) is 16.3 Å². The molecule has 2 heterocycles. The van der Waals surface area contributed by atoms with Crippen LogP contribution >= 0.6 is 11.6 Å². The van der Waals surface area contributed by atoms with Crippen LogP contribution in [0, 0.1) is 0 Å². The van der Waals surface area contributed by atoms with E-state index in [1.54, 1.807) is 6.07 Å². The van der Waals surface area contributed by atoms with Crippen molar-refractivity contribution in [2.24, 2.45) is 0 Å². The second kappa shape index (κ2) is 8.50. The molecule has 0 unspecified atom stereocenters. The van der Waals surface area contributed by atoms with E-state index in [0.29, 0.717) is 24.7 Å². The molecule has 1 fully saturated rings. The summed E-state index contributed by atoms with van der Waals surface area (Å²) in [7, 11) is 0. The number of carbonyl (C=O) groups excluding carboxylic acids is 1. The number of aromatic nitrogens is 1. The molecule has 6 heteroatoms. The molecular formula is C22H22ClN3O2. The van der Waals surface area contributed by atoms with Crippen molar-refractivity contribution >= 4 is 28.9 Å². The first kappa shape index (κ1) is 18.6. The zero-order valence-electron chi connectivity index (χ0n) is 15.5. The maximum atomic E-state index is 12.6. The van der Waals surface area contributed by atoms with Gasteiger partial charge in [0.15, 0.2) is 0 Å². The van der Waals surface area contributed by atoms with Crippen LogP contribution in [0.1, 0.15) is 5.56 Å². The highest BCUT2D eigenvalue weighted by Crippen LogP contribution is 2.30. The number of nitrogens with zero attached hydrogens (tertiary/aromatic N) is 2. The van der Waals surface area contributed by atoms with Crippen molar-refractivity contribution in [1.29, 1.82) is 0 Å². The first-order chi connectivity index (χ1) is 13.7. The second-order valence-electron chi connectivity index (χ2n) is 6.74. The summed E-state index contributed by atoms with van der Waals surface area (Å²) in [5.74, 6) is -0.0644. The smallest absolute Gasteiger partial charge is 0.228 e. The van der Waals surface area contributed by atoms with Crippen LogP contribution in [0.3, 0.4) is 0 Å². The number of amides is 1. The van der Waals surface area contributed by atoms with Crippen molar-refractivity contribution in [2.75, 3.05) is 36.5 Å². The van der Waals surface area contributed by atoms with E-state index < -0.39 is 0 Å². The summed E-state index contributed by atoms with van der Waals surface area (Å²) >= 11 is 6.17. The van der Waals surface area contributed by atoms with Gasteiger partial charge in [0.2, 0.25) is 5.91 Å². The summed E-state index contributed by atoms with van der Waals surface area (Å²) in [6.07, 6.45) is 4.29. The lowest BCUT2D eigenvalue weighted by molar-refractivity contribution is -0.115. The normalized spacial score (nSPS) is 14.1. The van der Waals surface area contributed by atoms with E-state index in [-0.39, 0.29) is 5.91 Å². The molecule has 4 rings (SSSR count). The van der Waals surface area contributed by atoms with Gasteiger partial charge in [-0.3, -0.25) is 4.79 Å². The molecule has 0 spiro atoms. The molecule has 2 aromatic carbocycles. The third kappa shape index (κ3) is 4.38. The number of ether oxygens (including phenoxy) is 1. The maximum Gasteiger partial charge on any atom is 0.228 e. The molecule has 0 bridgehead atoms. The van der Waals surface area contributed by atoms with E-state index in [0.717, 1.165) is 35.7 Å². The number of morpholine rings is 1. The van der Waals surface area contributed by atoms with Crippen LogP contribution in [-0.4, -0.2) is 36.8 Å². The Morgan fingerprint density at radius 1 is 1.04 bits per heavy atom. The van der Waals surface area contributed by atoms with Gasteiger partial charge in [0.1, 0.15) is 0 Å². The molecule has 5 nitrogen and oxygen atoms in total. The Bertz CT molecular complexity index is 933. The molecule has 28 heavy (non-hydrogen) atoms. The molecule has 0 radical (unpaired) electrons. The van der Waals surface area contributed by atoms with Gasteiger partial charge in [-0.2, -0.15) is 0 Å². The zero-order chi connectivity index (χ0) is 19.3. The molecular weight excluding hydrogens is 374 g/mol. The van der Waals surface area contributed by atoms with Crippen molar-refractivity contribution in [1.82, 2.24) is 4.57 Å². The fourth-order valence-electron chi connectivity index (χ4n) is 3.36. The van der Waals surface area contributed by atoms with Crippen molar-refractivity contribution in [3.63, 3.8) is 0 Å². The van der Waals surface area contributed by atoms with Gasteiger partial charge < -0.3 is 19.5 Å². The van der Waals surface area contributed by atoms with Gasteiger partial charge in [-0.05, 0) is 48.0 Å². The molecule has 0 atom stereocenters. The molecule has 0 aliphatic carbocycles. The van der Waals surface area contributed by atoms with Crippen LogP contribution < -0.4 is 10.2 Å². The molecule has 0 saturated carbocycles. The molecule has 1 aromatic heterocycles.